The van der Waals surface area contributed by atoms with Gasteiger partial charge < -0.3 is 19.7 Å². The maximum atomic E-state index is 12.3. The fourth-order valence-electron chi connectivity index (χ4n) is 3.63. The van der Waals surface area contributed by atoms with Crippen LogP contribution in [-0.2, 0) is 4.74 Å². The zero-order chi connectivity index (χ0) is 23.9. The van der Waals surface area contributed by atoms with E-state index < -0.39 is 16.6 Å². The number of non-ortho nitro benzene ring substituents is 1. The van der Waals surface area contributed by atoms with Crippen LogP contribution in [0.2, 0.25) is 0 Å². The molecule has 2 aromatic carbocycles. The van der Waals surface area contributed by atoms with Gasteiger partial charge in [0.15, 0.2) is 5.88 Å². The number of ether oxygens (including phenoxy) is 1. The number of aromatic hydroxyl groups is 1. The van der Waals surface area contributed by atoms with Crippen molar-refractivity contribution in [2.75, 3.05) is 13.1 Å². The molecule has 1 aliphatic rings. The van der Waals surface area contributed by atoms with Gasteiger partial charge in [-0.05, 0) is 39.0 Å². The highest BCUT2D eigenvalue weighted by Crippen LogP contribution is 2.33. The van der Waals surface area contributed by atoms with Gasteiger partial charge in [-0.2, -0.15) is 0 Å². The number of aliphatic imine (C=N–C) groups is 1. The van der Waals surface area contributed by atoms with Crippen LogP contribution in [0.4, 0.5) is 10.5 Å². The number of aromatic nitrogens is 1. The molecule has 10 heteroatoms. The van der Waals surface area contributed by atoms with Gasteiger partial charge in [-0.15, -0.1) is 0 Å². The van der Waals surface area contributed by atoms with E-state index in [0.29, 0.717) is 35.4 Å². The summed E-state index contributed by atoms with van der Waals surface area (Å²) in [6.45, 7) is 6.11. The van der Waals surface area contributed by atoms with Gasteiger partial charge in [0.1, 0.15) is 5.60 Å². The third kappa shape index (κ3) is 4.85. The Morgan fingerprint density at radius 1 is 1.27 bits per heavy atom. The van der Waals surface area contributed by atoms with Crippen molar-refractivity contribution in [2.45, 2.75) is 32.4 Å². The molecule has 2 N–H and O–H groups in total. The predicted octanol–water partition coefficient (Wildman–Crippen LogP) is 5.00. The van der Waals surface area contributed by atoms with Gasteiger partial charge in [0.05, 0.1) is 22.2 Å². The van der Waals surface area contributed by atoms with E-state index in [9.17, 15) is 20.0 Å². The Morgan fingerprint density at radius 2 is 2.00 bits per heavy atom. The van der Waals surface area contributed by atoms with Crippen molar-refractivity contribution in [1.82, 2.24) is 9.88 Å². The first-order chi connectivity index (χ1) is 15.5. The summed E-state index contributed by atoms with van der Waals surface area (Å²) in [5.74, 6) is -0.0864. The molecule has 1 saturated heterocycles. The fourth-order valence-corrected chi connectivity index (χ4v) is 4.00. The number of rotatable bonds is 4. The smallest absolute Gasteiger partial charge is 0.410 e. The monoisotopic (exact) mass is 514 g/mol. The maximum absolute atomic E-state index is 12.3. The molecule has 1 fully saturated rings. The SMILES string of the molecule is CC(C)(C)OC(=O)N1CC(N=C(c2cccc([N+](=O)[O-])c2)c2c(O)[nH]c3ccc(Br)cc23)C1. The van der Waals surface area contributed by atoms with Crippen LogP contribution in [0.25, 0.3) is 10.9 Å². The number of benzene rings is 2. The van der Waals surface area contributed by atoms with Crippen LogP contribution in [0.3, 0.4) is 0 Å². The van der Waals surface area contributed by atoms with Gasteiger partial charge in [-0.3, -0.25) is 15.1 Å². The third-order valence-corrected chi connectivity index (χ3v) is 5.63. The molecular formula is C23H23BrN4O5. The molecule has 33 heavy (non-hydrogen) atoms. The van der Waals surface area contributed by atoms with E-state index in [0.717, 1.165) is 9.86 Å². The highest BCUT2D eigenvalue weighted by atomic mass is 79.9. The second kappa shape index (κ2) is 8.51. The molecule has 0 saturated carbocycles. The summed E-state index contributed by atoms with van der Waals surface area (Å²) in [5.41, 5.74) is 1.38. The lowest BCUT2D eigenvalue weighted by Crippen LogP contribution is -2.54. The Balaban J connectivity index is 1.74. The van der Waals surface area contributed by atoms with Crippen molar-refractivity contribution in [1.29, 1.82) is 0 Å². The zero-order valence-electron chi connectivity index (χ0n) is 18.3. The summed E-state index contributed by atoms with van der Waals surface area (Å²) < 4.78 is 6.21. The minimum Gasteiger partial charge on any atom is -0.494 e. The number of hydrogen-bond donors (Lipinski definition) is 2. The lowest BCUT2D eigenvalue weighted by molar-refractivity contribution is -0.384. The Bertz CT molecular complexity index is 1270. The highest BCUT2D eigenvalue weighted by Gasteiger charge is 2.34. The van der Waals surface area contributed by atoms with E-state index in [1.807, 2.05) is 18.2 Å². The molecule has 2 heterocycles. The van der Waals surface area contributed by atoms with Gasteiger partial charge in [0.25, 0.3) is 5.69 Å². The molecule has 9 nitrogen and oxygen atoms in total. The lowest BCUT2D eigenvalue weighted by Gasteiger charge is -2.38. The van der Waals surface area contributed by atoms with Crippen LogP contribution in [0, 0.1) is 10.1 Å². The average molecular weight is 515 g/mol. The van der Waals surface area contributed by atoms with E-state index in [1.165, 1.54) is 12.1 Å². The van der Waals surface area contributed by atoms with E-state index in [1.54, 1.807) is 37.8 Å². The molecule has 172 valence electrons. The van der Waals surface area contributed by atoms with Crippen molar-refractivity contribution in [3.63, 3.8) is 0 Å². The van der Waals surface area contributed by atoms with Gasteiger partial charge in [0.2, 0.25) is 0 Å². The number of aromatic amines is 1. The second-order valence-electron chi connectivity index (χ2n) is 8.86. The van der Waals surface area contributed by atoms with Crippen LogP contribution in [0.1, 0.15) is 31.9 Å². The van der Waals surface area contributed by atoms with Gasteiger partial charge in [-0.1, -0.05) is 28.1 Å². The number of nitro groups is 1. The van der Waals surface area contributed by atoms with Gasteiger partial charge in [0, 0.05) is 46.2 Å². The third-order valence-electron chi connectivity index (χ3n) is 5.13. The molecule has 0 spiro atoms. The summed E-state index contributed by atoms with van der Waals surface area (Å²) in [6.07, 6.45) is -0.412. The first-order valence-corrected chi connectivity index (χ1v) is 11.1. The van der Waals surface area contributed by atoms with Crippen LogP contribution < -0.4 is 0 Å². The number of H-pyrrole nitrogens is 1. The number of amides is 1. The largest absolute Gasteiger partial charge is 0.494 e. The molecule has 1 amide bonds. The lowest BCUT2D eigenvalue weighted by atomic mass is 9.99. The normalized spacial score (nSPS) is 14.9. The van der Waals surface area contributed by atoms with Crippen molar-refractivity contribution in [3.05, 3.63) is 68.2 Å². The number of nitrogens with zero attached hydrogens (tertiary/aromatic N) is 3. The fraction of sp³-hybridized carbons (Fsp3) is 0.304. The molecule has 1 aromatic heterocycles. The summed E-state index contributed by atoms with van der Waals surface area (Å²) in [7, 11) is 0. The number of halogens is 1. The Kier molecular flexibility index (Phi) is 5.87. The number of fused-ring (bicyclic) bond motifs is 1. The molecule has 1 aliphatic heterocycles. The first kappa shape index (κ1) is 22.8. The molecule has 0 radical (unpaired) electrons. The van der Waals surface area contributed by atoms with E-state index in [2.05, 4.69) is 20.9 Å². The minimum absolute atomic E-state index is 0.0790. The topological polar surface area (TPSA) is 121 Å². The minimum atomic E-state index is -0.594. The summed E-state index contributed by atoms with van der Waals surface area (Å²) in [4.78, 5) is 32.5. The van der Waals surface area contributed by atoms with Crippen LogP contribution in [-0.4, -0.2) is 56.5 Å². The second-order valence-corrected chi connectivity index (χ2v) is 9.78. The Hall–Kier alpha value is -3.40. The standard InChI is InChI=1S/C23H23BrN4O5/c1-23(2,3)33-22(30)27-11-15(12-27)25-20(13-5-4-6-16(9-13)28(31)32)19-17-10-14(24)7-8-18(17)26-21(19)29/h4-10,15,26,29H,11-12H2,1-3H3. The number of carbonyl (C=O) groups is 1. The first-order valence-electron chi connectivity index (χ1n) is 10.3. The highest BCUT2D eigenvalue weighted by molar-refractivity contribution is 9.10. The molecule has 4 rings (SSSR count). The summed E-state index contributed by atoms with van der Waals surface area (Å²) >= 11 is 3.45. The van der Waals surface area contributed by atoms with E-state index >= 15 is 0 Å². The van der Waals surface area contributed by atoms with Crippen LogP contribution in [0.5, 0.6) is 5.88 Å². The van der Waals surface area contributed by atoms with Crippen molar-refractivity contribution in [3.8, 4) is 5.88 Å². The molecule has 0 bridgehead atoms. The Labute approximate surface area is 198 Å². The summed E-state index contributed by atoms with van der Waals surface area (Å²) in [6, 6.07) is 11.4. The van der Waals surface area contributed by atoms with Crippen LogP contribution >= 0.6 is 15.9 Å². The van der Waals surface area contributed by atoms with Crippen molar-refractivity contribution < 1.29 is 19.6 Å². The Morgan fingerprint density at radius 3 is 2.67 bits per heavy atom. The van der Waals surface area contributed by atoms with Gasteiger partial charge in [-0.25, -0.2) is 4.79 Å². The van der Waals surface area contributed by atoms with Crippen molar-refractivity contribution >= 4 is 44.3 Å². The number of hydrogen-bond acceptors (Lipinski definition) is 6. The van der Waals surface area contributed by atoms with Gasteiger partial charge >= 0.3 is 6.09 Å². The summed E-state index contributed by atoms with van der Waals surface area (Å²) in [5, 5.41) is 22.8. The number of nitro benzene ring substituents is 1. The molecule has 0 atom stereocenters. The number of carbonyl (C=O) groups excluding carboxylic acids is 1. The zero-order valence-corrected chi connectivity index (χ0v) is 19.9. The molecule has 3 aromatic rings. The van der Waals surface area contributed by atoms with Crippen LogP contribution in [0.15, 0.2) is 51.9 Å². The maximum Gasteiger partial charge on any atom is 0.410 e. The van der Waals surface area contributed by atoms with Crippen molar-refractivity contribution in [2.24, 2.45) is 4.99 Å². The molecule has 0 unspecified atom stereocenters. The van der Waals surface area contributed by atoms with E-state index in [-0.39, 0.29) is 17.6 Å². The quantitative estimate of drug-likeness (QED) is 0.288. The van der Waals surface area contributed by atoms with E-state index in [4.69, 9.17) is 9.73 Å². The average Bonchev–Trinajstić information content (AvgIpc) is 3.01. The number of nitrogens with one attached hydrogen (secondary N) is 1. The predicted molar refractivity (Wildman–Crippen MR) is 128 cm³/mol. The molecule has 0 aliphatic carbocycles. The number of likely N-dealkylation sites (tertiary alicyclic amines) is 1. The molecular weight excluding hydrogens is 492 g/mol.